The molecule has 1 aromatic heterocycles. The first-order valence-electron chi connectivity index (χ1n) is 8.69. The predicted molar refractivity (Wildman–Crippen MR) is 109 cm³/mol. The highest BCUT2D eigenvalue weighted by molar-refractivity contribution is 7.84. The molecule has 0 radical (unpaired) electrons. The second kappa shape index (κ2) is 9.57. The summed E-state index contributed by atoms with van der Waals surface area (Å²) >= 11 is 5.86. The van der Waals surface area contributed by atoms with Crippen LogP contribution in [0.15, 0.2) is 70.0 Å². The Morgan fingerprint density at radius 3 is 2.61 bits per heavy atom. The van der Waals surface area contributed by atoms with E-state index in [0.29, 0.717) is 34.4 Å². The number of nitrogens with one attached hydrogen (secondary N) is 1. The van der Waals surface area contributed by atoms with E-state index in [1.54, 1.807) is 30.3 Å². The molecule has 0 aliphatic heterocycles. The Balaban J connectivity index is 1.55. The number of furan rings is 1. The fourth-order valence-corrected chi connectivity index (χ4v) is 3.95. The molecule has 5 nitrogen and oxygen atoms in total. The van der Waals surface area contributed by atoms with E-state index >= 15 is 0 Å². The van der Waals surface area contributed by atoms with Crippen LogP contribution >= 0.6 is 11.6 Å². The first-order valence-corrected chi connectivity index (χ1v) is 10.4. The largest absolute Gasteiger partial charge is 0.495 e. The minimum absolute atomic E-state index is 0.165. The zero-order chi connectivity index (χ0) is 19.9. The molecule has 3 aromatic rings. The summed E-state index contributed by atoms with van der Waals surface area (Å²) in [5, 5.41) is 3.50. The number of amides is 1. The van der Waals surface area contributed by atoms with Crippen LogP contribution in [-0.4, -0.2) is 23.8 Å². The molecule has 7 heteroatoms. The molecule has 0 aliphatic rings. The van der Waals surface area contributed by atoms with Crippen LogP contribution in [0.3, 0.4) is 0 Å². The SMILES string of the molecule is COc1ccccc1[S@@](=O)Cc1ccc(C(=O)NCCc2ccc(Cl)cc2)o1. The van der Waals surface area contributed by atoms with Gasteiger partial charge in [-0.25, -0.2) is 0 Å². The molecule has 3 rings (SSSR count). The second-order valence-corrected chi connectivity index (χ2v) is 7.90. The monoisotopic (exact) mass is 417 g/mol. The third kappa shape index (κ3) is 5.24. The molecular formula is C21H20ClNO4S. The number of benzene rings is 2. The molecule has 0 fully saturated rings. The number of hydrogen-bond acceptors (Lipinski definition) is 4. The van der Waals surface area contributed by atoms with Crippen molar-refractivity contribution in [2.75, 3.05) is 13.7 Å². The van der Waals surface area contributed by atoms with Crippen molar-refractivity contribution in [2.45, 2.75) is 17.1 Å². The van der Waals surface area contributed by atoms with Gasteiger partial charge in [0.05, 0.1) is 28.6 Å². The van der Waals surface area contributed by atoms with Crippen molar-refractivity contribution in [3.63, 3.8) is 0 Å². The summed E-state index contributed by atoms with van der Waals surface area (Å²) in [4.78, 5) is 12.8. The van der Waals surface area contributed by atoms with E-state index in [4.69, 9.17) is 20.8 Å². The zero-order valence-electron chi connectivity index (χ0n) is 15.3. The number of carbonyl (C=O) groups excluding carboxylic acids is 1. The molecule has 28 heavy (non-hydrogen) atoms. The van der Waals surface area contributed by atoms with Crippen LogP contribution in [0.2, 0.25) is 5.02 Å². The van der Waals surface area contributed by atoms with Gasteiger partial charge in [0.1, 0.15) is 11.5 Å². The van der Waals surface area contributed by atoms with Gasteiger partial charge < -0.3 is 14.5 Å². The maximum atomic E-state index is 12.6. The Labute approximate surface area is 171 Å². The van der Waals surface area contributed by atoms with Gasteiger partial charge in [0.25, 0.3) is 5.91 Å². The lowest BCUT2D eigenvalue weighted by Crippen LogP contribution is -2.25. The van der Waals surface area contributed by atoms with Crippen molar-refractivity contribution in [1.82, 2.24) is 5.32 Å². The van der Waals surface area contributed by atoms with Crippen LogP contribution in [-0.2, 0) is 23.0 Å². The zero-order valence-corrected chi connectivity index (χ0v) is 16.9. The van der Waals surface area contributed by atoms with Gasteiger partial charge >= 0.3 is 0 Å². The number of ether oxygens (including phenoxy) is 1. The van der Waals surface area contributed by atoms with E-state index in [2.05, 4.69) is 5.32 Å². The molecule has 1 heterocycles. The van der Waals surface area contributed by atoms with Crippen LogP contribution in [0.5, 0.6) is 5.75 Å². The van der Waals surface area contributed by atoms with Gasteiger partial charge in [0.2, 0.25) is 0 Å². The lowest BCUT2D eigenvalue weighted by molar-refractivity contribution is 0.0925. The van der Waals surface area contributed by atoms with E-state index in [1.165, 1.54) is 7.11 Å². The number of rotatable bonds is 8. The molecule has 2 aromatic carbocycles. The van der Waals surface area contributed by atoms with E-state index < -0.39 is 10.8 Å². The summed E-state index contributed by atoms with van der Waals surface area (Å²) in [5.74, 6) is 1.10. The molecule has 0 unspecified atom stereocenters. The Morgan fingerprint density at radius 2 is 1.86 bits per heavy atom. The van der Waals surface area contributed by atoms with Crippen LogP contribution in [0.1, 0.15) is 21.9 Å². The second-order valence-electron chi connectivity index (χ2n) is 6.04. The third-order valence-corrected chi connectivity index (χ3v) is 5.71. The lowest BCUT2D eigenvalue weighted by Gasteiger charge is -2.07. The maximum Gasteiger partial charge on any atom is 0.287 e. The summed E-state index contributed by atoms with van der Waals surface area (Å²) in [7, 11) is 0.198. The fraction of sp³-hybridized carbons (Fsp3) is 0.190. The van der Waals surface area contributed by atoms with E-state index in [-0.39, 0.29) is 17.4 Å². The maximum absolute atomic E-state index is 12.6. The van der Waals surface area contributed by atoms with Gasteiger partial charge in [-0.3, -0.25) is 9.00 Å². The van der Waals surface area contributed by atoms with E-state index in [1.807, 2.05) is 30.3 Å². The topological polar surface area (TPSA) is 68.5 Å². The number of para-hydroxylation sites is 1. The summed E-state index contributed by atoms with van der Waals surface area (Å²) < 4.78 is 23.4. The first kappa shape index (κ1) is 20.2. The molecule has 0 spiro atoms. The van der Waals surface area contributed by atoms with Gasteiger partial charge in [-0.05, 0) is 48.4 Å². The lowest BCUT2D eigenvalue weighted by atomic mass is 10.1. The Hall–Kier alpha value is -2.57. The minimum atomic E-state index is -1.34. The average Bonchev–Trinajstić information content (AvgIpc) is 3.18. The standard InChI is InChI=1S/C21H20ClNO4S/c1-26-18-4-2-3-5-20(18)28(25)14-17-10-11-19(27-17)21(24)23-13-12-15-6-8-16(22)9-7-15/h2-11H,12-14H2,1H3,(H,23,24)/t28-/m0/s1. The average molecular weight is 418 g/mol. The Kier molecular flexibility index (Phi) is 6.90. The normalized spacial score (nSPS) is 11.8. The van der Waals surface area contributed by atoms with Crippen molar-refractivity contribution >= 4 is 28.3 Å². The van der Waals surface area contributed by atoms with Crippen molar-refractivity contribution in [3.05, 3.63) is 82.8 Å². The minimum Gasteiger partial charge on any atom is -0.495 e. The molecule has 0 bridgehead atoms. The Morgan fingerprint density at radius 1 is 1.11 bits per heavy atom. The molecule has 0 aliphatic carbocycles. The number of carbonyl (C=O) groups is 1. The molecule has 0 saturated carbocycles. The van der Waals surface area contributed by atoms with Crippen LogP contribution in [0.25, 0.3) is 0 Å². The molecule has 1 amide bonds. The Bertz CT molecular complexity index is 969. The highest BCUT2D eigenvalue weighted by Crippen LogP contribution is 2.24. The van der Waals surface area contributed by atoms with E-state index in [9.17, 15) is 9.00 Å². The number of halogens is 1. The van der Waals surface area contributed by atoms with Crippen LogP contribution in [0, 0.1) is 0 Å². The van der Waals surface area contributed by atoms with Gasteiger partial charge in [-0.15, -0.1) is 0 Å². The molecule has 1 atom stereocenters. The first-order chi connectivity index (χ1) is 13.6. The summed E-state index contributed by atoms with van der Waals surface area (Å²) in [6.07, 6.45) is 0.689. The summed E-state index contributed by atoms with van der Waals surface area (Å²) in [6, 6.07) is 17.9. The number of hydrogen-bond donors (Lipinski definition) is 1. The fourth-order valence-electron chi connectivity index (χ4n) is 2.65. The van der Waals surface area contributed by atoms with Gasteiger partial charge in [0, 0.05) is 11.6 Å². The van der Waals surface area contributed by atoms with E-state index in [0.717, 1.165) is 5.56 Å². The predicted octanol–water partition coefficient (Wildman–Crippen LogP) is 4.22. The smallest absolute Gasteiger partial charge is 0.287 e. The summed E-state index contributed by atoms with van der Waals surface area (Å²) in [6.45, 7) is 0.476. The third-order valence-electron chi connectivity index (χ3n) is 4.09. The van der Waals surface area contributed by atoms with Crippen LogP contribution < -0.4 is 10.1 Å². The highest BCUT2D eigenvalue weighted by atomic mass is 35.5. The molecular weight excluding hydrogens is 398 g/mol. The van der Waals surface area contributed by atoms with Crippen LogP contribution in [0.4, 0.5) is 0 Å². The molecule has 146 valence electrons. The van der Waals surface area contributed by atoms with Crippen molar-refractivity contribution < 1.29 is 18.2 Å². The van der Waals surface area contributed by atoms with Gasteiger partial charge in [-0.1, -0.05) is 35.9 Å². The van der Waals surface area contributed by atoms with Gasteiger partial charge in [-0.2, -0.15) is 0 Å². The summed E-state index contributed by atoms with van der Waals surface area (Å²) in [5.41, 5.74) is 1.08. The van der Waals surface area contributed by atoms with Crippen molar-refractivity contribution in [2.24, 2.45) is 0 Å². The molecule has 1 N–H and O–H groups in total. The van der Waals surface area contributed by atoms with Gasteiger partial charge in [0.15, 0.2) is 5.76 Å². The number of methoxy groups -OCH3 is 1. The van der Waals surface area contributed by atoms with Crippen molar-refractivity contribution in [3.8, 4) is 5.75 Å². The quantitative estimate of drug-likeness (QED) is 0.595. The molecule has 0 saturated heterocycles. The highest BCUT2D eigenvalue weighted by Gasteiger charge is 2.15. The van der Waals surface area contributed by atoms with Crippen molar-refractivity contribution in [1.29, 1.82) is 0 Å².